The van der Waals surface area contributed by atoms with Crippen LogP contribution in [0.4, 0.5) is 5.82 Å². The van der Waals surface area contributed by atoms with Crippen LogP contribution in [0.15, 0.2) is 43.0 Å². The van der Waals surface area contributed by atoms with Crippen molar-refractivity contribution in [3.8, 4) is 11.4 Å². The number of amides is 1. The lowest BCUT2D eigenvalue weighted by atomic mass is 10.0. The zero-order valence-corrected chi connectivity index (χ0v) is 14.9. The average molecular weight is 367 g/mol. The molecule has 1 fully saturated rings. The van der Waals surface area contributed by atoms with Gasteiger partial charge in [-0.05, 0) is 24.6 Å². The number of rotatable bonds is 4. The first-order valence-corrected chi connectivity index (χ1v) is 8.79. The monoisotopic (exact) mass is 367 g/mol. The summed E-state index contributed by atoms with van der Waals surface area (Å²) < 4.78 is 1.93. The first-order chi connectivity index (χ1) is 13.1. The highest BCUT2D eigenvalue weighted by Gasteiger charge is 2.30. The quantitative estimate of drug-likeness (QED) is 0.622. The molecule has 2 unspecified atom stereocenters. The lowest BCUT2D eigenvalue weighted by Crippen LogP contribution is -2.54. The van der Waals surface area contributed by atoms with Crippen LogP contribution in [-0.2, 0) is 7.05 Å². The zero-order valence-electron chi connectivity index (χ0n) is 14.9. The number of nitrogens with zero attached hydrogens (tertiary/aromatic N) is 5. The normalized spacial score (nSPS) is 19.9. The predicted molar refractivity (Wildman–Crippen MR) is 99.1 cm³/mol. The summed E-state index contributed by atoms with van der Waals surface area (Å²) >= 11 is 0. The van der Waals surface area contributed by atoms with Gasteiger partial charge in [-0.25, -0.2) is 4.98 Å². The Kier molecular flexibility index (Phi) is 4.59. The van der Waals surface area contributed by atoms with Gasteiger partial charge in [0.15, 0.2) is 0 Å². The van der Waals surface area contributed by atoms with Crippen LogP contribution in [0.25, 0.3) is 11.4 Å². The summed E-state index contributed by atoms with van der Waals surface area (Å²) in [4.78, 5) is 22.8. The van der Waals surface area contributed by atoms with E-state index in [-0.39, 0.29) is 11.9 Å². The number of aromatic amines is 1. The molecule has 27 heavy (non-hydrogen) atoms. The van der Waals surface area contributed by atoms with Gasteiger partial charge in [0, 0.05) is 38.7 Å². The molecule has 0 aromatic carbocycles. The molecule has 0 spiro atoms. The van der Waals surface area contributed by atoms with Gasteiger partial charge in [-0.15, -0.1) is 0 Å². The summed E-state index contributed by atoms with van der Waals surface area (Å²) in [6, 6.07) is 5.24. The maximum absolute atomic E-state index is 12.5. The molecule has 9 heteroatoms. The number of carbonyl (C=O) groups is 1. The van der Waals surface area contributed by atoms with Gasteiger partial charge >= 0.3 is 0 Å². The fourth-order valence-corrected chi connectivity index (χ4v) is 3.31. The van der Waals surface area contributed by atoms with Crippen LogP contribution in [0.5, 0.6) is 0 Å². The van der Waals surface area contributed by atoms with E-state index in [1.54, 1.807) is 24.7 Å². The standard InChI is InChI=1S/C18H21N7O2/c1-24-7-2-3-15(24)13-9-14(23-22-13)18(27)21-12-4-8-25(11-16(12)26)17-10-19-5-6-20-17/h2-3,5-7,9-10,12,16,26H,4,8,11H2,1H3,(H,21,27)(H,22,23). The summed E-state index contributed by atoms with van der Waals surface area (Å²) in [5.41, 5.74) is 1.99. The summed E-state index contributed by atoms with van der Waals surface area (Å²) in [5, 5.41) is 20.3. The van der Waals surface area contributed by atoms with Gasteiger partial charge in [-0.3, -0.25) is 14.9 Å². The smallest absolute Gasteiger partial charge is 0.269 e. The van der Waals surface area contributed by atoms with E-state index in [9.17, 15) is 9.90 Å². The average Bonchev–Trinajstić information content (AvgIpc) is 3.33. The number of aryl methyl sites for hydroxylation is 1. The van der Waals surface area contributed by atoms with Crippen molar-refractivity contribution in [3.63, 3.8) is 0 Å². The summed E-state index contributed by atoms with van der Waals surface area (Å²) in [6.07, 6.45) is 6.74. The maximum atomic E-state index is 12.5. The Bertz CT molecular complexity index is 921. The number of aliphatic hydroxyl groups excluding tert-OH is 1. The van der Waals surface area contributed by atoms with E-state index in [4.69, 9.17) is 0 Å². The second kappa shape index (κ2) is 7.20. The van der Waals surface area contributed by atoms with Crippen LogP contribution in [0.1, 0.15) is 16.9 Å². The molecular weight excluding hydrogens is 346 g/mol. The Balaban J connectivity index is 1.39. The molecule has 1 aliphatic heterocycles. The molecule has 1 aliphatic rings. The Labute approximate surface area is 156 Å². The Morgan fingerprint density at radius 1 is 1.41 bits per heavy atom. The van der Waals surface area contributed by atoms with Gasteiger partial charge in [0.1, 0.15) is 17.2 Å². The first-order valence-electron chi connectivity index (χ1n) is 8.79. The van der Waals surface area contributed by atoms with Crippen molar-refractivity contribution in [3.05, 3.63) is 48.7 Å². The van der Waals surface area contributed by atoms with Crippen molar-refractivity contribution in [1.29, 1.82) is 0 Å². The van der Waals surface area contributed by atoms with E-state index in [1.807, 2.05) is 34.8 Å². The minimum Gasteiger partial charge on any atom is -0.389 e. The van der Waals surface area contributed by atoms with Crippen molar-refractivity contribution in [2.24, 2.45) is 7.05 Å². The largest absolute Gasteiger partial charge is 0.389 e. The molecular formula is C18H21N7O2. The molecule has 0 radical (unpaired) electrons. The minimum absolute atomic E-state index is 0.278. The maximum Gasteiger partial charge on any atom is 0.269 e. The predicted octanol–water partition coefficient (Wildman–Crippen LogP) is 0.575. The number of β-amino-alcohol motifs (C(OH)–C–C–N with tert-alkyl or cyclic N) is 1. The SMILES string of the molecule is Cn1cccc1-c1cc(C(=O)NC2CCN(c3cnccn3)CC2O)[nH]n1. The number of aliphatic hydroxyl groups is 1. The Morgan fingerprint density at radius 2 is 2.30 bits per heavy atom. The van der Waals surface area contributed by atoms with E-state index in [1.165, 1.54) is 0 Å². The van der Waals surface area contributed by atoms with Gasteiger partial charge in [0.2, 0.25) is 0 Å². The van der Waals surface area contributed by atoms with Crippen molar-refractivity contribution < 1.29 is 9.90 Å². The molecule has 0 bridgehead atoms. The highest BCUT2D eigenvalue weighted by Crippen LogP contribution is 2.19. The van der Waals surface area contributed by atoms with Crippen molar-refractivity contribution >= 4 is 11.7 Å². The van der Waals surface area contributed by atoms with Gasteiger partial charge in [-0.2, -0.15) is 5.10 Å². The molecule has 9 nitrogen and oxygen atoms in total. The minimum atomic E-state index is -0.694. The number of aromatic nitrogens is 5. The molecule has 3 aromatic rings. The topological polar surface area (TPSA) is 112 Å². The molecule has 1 saturated heterocycles. The van der Waals surface area contributed by atoms with Crippen LogP contribution in [0, 0.1) is 0 Å². The molecule has 3 N–H and O–H groups in total. The number of nitrogens with one attached hydrogen (secondary N) is 2. The molecule has 2 atom stereocenters. The van der Waals surface area contributed by atoms with E-state index in [0.29, 0.717) is 30.9 Å². The summed E-state index contributed by atoms with van der Waals surface area (Å²) in [7, 11) is 1.92. The van der Waals surface area contributed by atoms with Crippen LogP contribution in [0.3, 0.4) is 0 Å². The molecule has 4 rings (SSSR count). The molecule has 0 aliphatic carbocycles. The van der Waals surface area contributed by atoms with Crippen molar-refractivity contribution in [1.82, 2.24) is 30.0 Å². The number of H-pyrrole nitrogens is 1. The third-order valence-electron chi connectivity index (χ3n) is 4.80. The van der Waals surface area contributed by atoms with Gasteiger partial charge in [0.25, 0.3) is 5.91 Å². The fourth-order valence-electron chi connectivity index (χ4n) is 3.31. The third-order valence-corrected chi connectivity index (χ3v) is 4.80. The second-order valence-corrected chi connectivity index (χ2v) is 6.62. The zero-order chi connectivity index (χ0) is 18.8. The summed E-state index contributed by atoms with van der Waals surface area (Å²) in [6.45, 7) is 1.07. The highest BCUT2D eigenvalue weighted by molar-refractivity contribution is 5.93. The van der Waals surface area contributed by atoms with Crippen LogP contribution >= 0.6 is 0 Å². The van der Waals surface area contributed by atoms with Crippen LogP contribution in [-0.4, -0.2) is 61.0 Å². The molecule has 1 amide bonds. The van der Waals surface area contributed by atoms with Crippen molar-refractivity contribution in [2.75, 3.05) is 18.0 Å². The lowest BCUT2D eigenvalue weighted by Gasteiger charge is -2.36. The summed E-state index contributed by atoms with van der Waals surface area (Å²) in [5.74, 6) is 0.446. The second-order valence-electron chi connectivity index (χ2n) is 6.62. The van der Waals surface area contributed by atoms with Crippen molar-refractivity contribution in [2.45, 2.75) is 18.6 Å². The number of carbonyl (C=O) groups excluding carboxylic acids is 1. The van der Waals surface area contributed by atoms with E-state index >= 15 is 0 Å². The third kappa shape index (κ3) is 3.54. The Hall–Kier alpha value is -3.20. The lowest BCUT2D eigenvalue weighted by molar-refractivity contribution is 0.0793. The number of piperidine rings is 1. The first kappa shape index (κ1) is 17.2. The van der Waals surface area contributed by atoms with Gasteiger partial charge in [0.05, 0.1) is 24.0 Å². The highest BCUT2D eigenvalue weighted by atomic mass is 16.3. The molecule has 140 valence electrons. The number of anilines is 1. The van der Waals surface area contributed by atoms with E-state index in [2.05, 4.69) is 25.5 Å². The van der Waals surface area contributed by atoms with Crippen LogP contribution < -0.4 is 10.2 Å². The number of hydrogen-bond acceptors (Lipinski definition) is 6. The van der Waals surface area contributed by atoms with E-state index in [0.717, 1.165) is 11.5 Å². The van der Waals surface area contributed by atoms with Gasteiger partial charge < -0.3 is 19.9 Å². The number of hydrogen-bond donors (Lipinski definition) is 3. The van der Waals surface area contributed by atoms with E-state index < -0.39 is 6.10 Å². The van der Waals surface area contributed by atoms with Gasteiger partial charge in [-0.1, -0.05) is 0 Å². The van der Waals surface area contributed by atoms with Crippen LogP contribution in [0.2, 0.25) is 0 Å². The molecule has 4 heterocycles. The Morgan fingerprint density at radius 3 is 3.00 bits per heavy atom. The fraction of sp³-hybridized carbons (Fsp3) is 0.333. The molecule has 3 aromatic heterocycles. The molecule has 0 saturated carbocycles.